The largest absolute Gasteiger partial charge is 0.417 e. The van der Waals surface area contributed by atoms with Gasteiger partial charge in [-0.2, -0.15) is 0 Å². The smallest absolute Gasteiger partial charge is 0.293 e. The number of benzene rings is 1. The molecule has 0 aliphatic heterocycles. The van der Waals surface area contributed by atoms with Gasteiger partial charge in [-0.3, -0.25) is 10.1 Å². The summed E-state index contributed by atoms with van der Waals surface area (Å²) in [5.74, 6) is 0. The maximum Gasteiger partial charge on any atom is 0.293 e. The van der Waals surface area contributed by atoms with E-state index in [2.05, 4.69) is 55.1 Å². The molecule has 2 N–H and O–H groups in total. The number of nitro groups is 1. The fraction of sp³-hybridized carbons (Fsp3) is 0.625. The number of aliphatic hydroxyl groups excluding tert-OH is 1. The number of hydrogen-bond acceptors (Lipinski definition) is 5. The summed E-state index contributed by atoms with van der Waals surface area (Å²) in [4.78, 5) is 10.7. The van der Waals surface area contributed by atoms with Crippen LogP contribution in [0.3, 0.4) is 0 Å². The molecule has 0 saturated heterocycles. The number of halogens is 1. The minimum atomic E-state index is -1.84. The van der Waals surface area contributed by atoms with Crippen molar-refractivity contribution in [3.63, 3.8) is 0 Å². The molecule has 8 heteroatoms. The highest BCUT2D eigenvalue weighted by Crippen LogP contribution is 2.37. The molecule has 1 aromatic rings. The number of para-hydroxylation sites is 1. The summed E-state index contributed by atoms with van der Waals surface area (Å²) in [6.45, 7) is 11.2. The lowest BCUT2D eigenvalue weighted by Crippen LogP contribution is -2.41. The van der Waals surface area contributed by atoms with Crippen molar-refractivity contribution in [1.29, 1.82) is 0 Å². The van der Waals surface area contributed by atoms with Gasteiger partial charge in [-0.15, -0.1) is 0 Å². The summed E-state index contributed by atoms with van der Waals surface area (Å²) < 4.78 is 6.71. The van der Waals surface area contributed by atoms with E-state index in [0.717, 1.165) is 0 Å². The van der Waals surface area contributed by atoms with Crippen molar-refractivity contribution < 1.29 is 14.5 Å². The summed E-state index contributed by atoms with van der Waals surface area (Å²) >= 11 is 3.33. The quantitative estimate of drug-likeness (QED) is 0.367. The van der Waals surface area contributed by atoms with E-state index in [1.807, 2.05) is 0 Å². The lowest BCUT2D eigenvalue weighted by molar-refractivity contribution is -0.384. The number of aliphatic hydroxyl groups is 1. The van der Waals surface area contributed by atoms with E-state index in [1.165, 1.54) is 6.07 Å². The Labute approximate surface area is 153 Å². The standard InChI is InChI=1S/C16H27BrN2O4Si/c1-16(2,3)24(4,5)23-10-9-12(11-20)18-15-13(17)7-6-8-14(15)19(21)22/h6-8,12,18,20H,9-11H2,1-5H3/t12-/m1/s1. The molecule has 0 radical (unpaired) electrons. The van der Waals surface area contributed by atoms with Crippen molar-refractivity contribution in [3.8, 4) is 0 Å². The predicted molar refractivity (Wildman–Crippen MR) is 103 cm³/mol. The normalized spacial score (nSPS) is 13.6. The van der Waals surface area contributed by atoms with Crippen LogP contribution in [0.25, 0.3) is 0 Å². The van der Waals surface area contributed by atoms with Crippen LogP contribution in [0.15, 0.2) is 22.7 Å². The average molecular weight is 419 g/mol. The number of nitrogens with one attached hydrogen (secondary N) is 1. The summed E-state index contributed by atoms with van der Waals surface area (Å²) in [5, 5.41) is 24.0. The molecule has 6 nitrogen and oxygen atoms in total. The molecule has 24 heavy (non-hydrogen) atoms. The first-order valence-electron chi connectivity index (χ1n) is 7.94. The summed E-state index contributed by atoms with van der Waals surface area (Å²) in [6.07, 6.45) is 0.571. The van der Waals surface area contributed by atoms with Crippen LogP contribution in [0.4, 0.5) is 11.4 Å². The van der Waals surface area contributed by atoms with Gasteiger partial charge < -0.3 is 14.8 Å². The topological polar surface area (TPSA) is 84.6 Å². The minimum Gasteiger partial charge on any atom is -0.417 e. The number of rotatable bonds is 8. The molecule has 0 aliphatic rings. The third-order valence-corrected chi connectivity index (χ3v) is 9.69. The maximum absolute atomic E-state index is 11.2. The van der Waals surface area contributed by atoms with Crippen LogP contribution in [-0.2, 0) is 4.43 Å². The summed E-state index contributed by atoms with van der Waals surface area (Å²) in [6, 6.07) is 4.47. The van der Waals surface area contributed by atoms with Gasteiger partial charge in [0.15, 0.2) is 8.32 Å². The second kappa shape index (κ2) is 8.42. The molecular formula is C16H27BrN2O4Si. The molecular weight excluding hydrogens is 392 g/mol. The molecule has 1 aromatic carbocycles. The summed E-state index contributed by atoms with van der Waals surface area (Å²) in [5.41, 5.74) is 0.363. The van der Waals surface area contributed by atoms with E-state index in [1.54, 1.807) is 12.1 Å². The predicted octanol–water partition coefficient (Wildman–Crippen LogP) is 4.54. The van der Waals surface area contributed by atoms with Gasteiger partial charge >= 0.3 is 0 Å². The van der Waals surface area contributed by atoms with Gasteiger partial charge in [0, 0.05) is 17.1 Å². The fourth-order valence-corrected chi connectivity index (χ4v) is 3.43. The van der Waals surface area contributed by atoms with Gasteiger partial charge in [-0.25, -0.2) is 0 Å². The molecule has 136 valence electrons. The van der Waals surface area contributed by atoms with E-state index >= 15 is 0 Å². The number of nitro benzene ring substituents is 1. The lowest BCUT2D eigenvalue weighted by atomic mass is 10.2. The highest BCUT2D eigenvalue weighted by Gasteiger charge is 2.37. The van der Waals surface area contributed by atoms with Gasteiger partial charge in [-0.1, -0.05) is 26.8 Å². The average Bonchev–Trinajstić information content (AvgIpc) is 2.46. The molecule has 0 aliphatic carbocycles. The molecule has 0 heterocycles. The Hall–Kier alpha value is -0.963. The molecule has 0 aromatic heterocycles. The Bertz CT molecular complexity index is 576. The van der Waals surface area contributed by atoms with Crippen LogP contribution in [0.2, 0.25) is 18.1 Å². The van der Waals surface area contributed by atoms with E-state index in [4.69, 9.17) is 4.43 Å². The van der Waals surface area contributed by atoms with Crippen molar-refractivity contribution in [2.45, 2.75) is 51.4 Å². The first-order chi connectivity index (χ1) is 11.0. The Morgan fingerprint density at radius 2 is 2.04 bits per heavy atom. The van der Waals surface area contributed by atoms with Crippen LogP contribution < -0.4 is 5.32 Å². The van der Waals surface area contributed by atoms with Crippen molar-refractivity contribution >= 4 is 35.6 Å². The van der Waals surface area contributed by atoms with E-state index in [9.17, 15) is 15.2 Å². The van der Waals surface area contributed by atoms with Crippen LogP contribution in [0, 0.1) is 10.1 Å². The van der Waals surface area contributed by atoms with Gasteiger partial charge in [0.05, 0.1) is 17.6 Å². The van der Waals surface area contributed by atoms with Crippen molar-refractivity contribution in [2.24, 2.45) is 0 Å². The number of nitrogens with zero attached hydrogens (tertiary/aromatic N) is 1. The molecule has 1 atom stereocenters. The summed E-state index contributed by atoms with van der Waals surface area (Å²) in [7, 11) is -1.84. The zero-order valence-electron chi connectivity index (χ0n) is 14.9. The Balaban J connectivity index is 2.75. The van der Waals surface area contributed by atoms with Gasteiger partial charge in [0.2, 0.25) is 0 Å². The SMILES string of the molecule is CC(C)(C)[Si](C)(C)OCC[C@H](CO)Nc1c(Br)cccc1[N+](=O)[O-]. The van der Waals surface area contributed by atoms with Crippen molar-refractivity contribution in [1.82, 2.24) is 0 Å². The third kappa shape index (κ3) is 5.54. The molecule has 0 fully saturated rings. The first-order valence-corrected chi connectivity index (χ1v) is 11.6. The molecule has 0 spiro atoms. The van der Waals surface area contributed by atoms with Gasteiger partial charge in [0.25, 0.3) is 5.69 Å². The molecule has 0 amide bonds. The second-order valence-electron chi connectivity index (χ2n) is 7.31. The Morgan fingerprint density at radius 3 is 2.54 bits per heavy atom. The van der Waals surface area contributed by atoms with Crippen LogP contribution in [0.1, 0.15) is 27.2 Å². The van der Waals surface area contributed by atoms with E-state index < -0.39 is 13.2 Å². The first kappa shape index (κ1) is 21.1. The third-order valence-electron chi connectivity index (χ3n) is 4.49. The number of hydrogen-bond donors (Lipinski definition) is 2. The Morgan fingerprint density at radius 1 is 1.42 bits per heavy atom. The highest BCUT2D eigenvalue weighted by atomic mass is 79.9. The van der Waals surface area contributed by atoms with E-state index in [-0.39, 0.29) is 23.4 Å². The van der Waals surface area contributed by atoms with Crippen molar-refractivity contribution in [3.05, 3.63) is 32.8 Å². The van der Waals surface area contributed by atoms with Crippen LogP contribution in [-0.4, -0.2) is 37.6 Å². The lowest BCUT2D eigenvalue weighted by Gasteiger charge is -2.36. The highest BCUT2D eigenvalue weighted by molar-refractivity contribution is 9.10. The fourth-order valence-electron chi connectivity index (χ4n) is 1.89. The van der Waals surface area contributed by atoms with Gasteiger partial charge in [-0.05, 0) is 46.5 Å². The Kier molecular flexibility index (Phi) is 7.39. The van der Waals surface area contributed by atoms with Gasteiger partial charge in [0.1, 0.15) is 5.69 Å². The molecule has 1 rings (SSSR count). The monoisotopic (exact) mass is 418 g/mol. The van der Waals surface area contributed by atoms with Crippen LogP contribution in [0.5, 0.6) is 0 Å². The van der Waals surface area contributed by atoms with Crippen molar-refractivity contribution in [2.75, 3.05) is 18.5 Å². The zero-order valence-corrected chi connectivity index (χ0v) is 17.5. The van der Waals surface area contributed by atoms with Crippen LogP contribution >= 0.6 is 15.9 Å². The van der Waals surface area contributed by atoms with E-state index in [0.29, 0.717) is 23.2 Å². The second-order valence-corrected chi connectivity index (χ2v) is 13.0. The number of anilines is 1. The maximum atomic E-state index is 11.2. The molecule has 0 bridgehead atoms. The minimum absolute atomic E-state index is 0.0202. The zero-order chi connectivity index (χ0) is 18.5. The molecule has 0 unspecified atom stereocenters. The molecule has 0 saturated carbocycles.